The van der Waals surface area contributed by atoms with Crippen molar-refractivity contribution in [2.24, 2.45) is 0 Å². The molecule has 0 aliphatic carbocycles. The van der Waals surface area contributed by atoms with Gasteiger partial charge in [-0.2, -0.15) is 0 Å². The lowest BCUT2D eigenvalue weighted by Gasteiger charge is -2.05. The quantitative estimate of drug-likeness (QED) is 0.355. The Hall–Kier alpha value is -2.10. The van der Waals surface area contributed by atoms with Gasteiger partial charge in [-0.3, -0.25) is 4.79 Å². The Morgan fingerprint density at radius 2 is 1.42 bits per heavy atom. The predicted molar refractivity (Wildman–Crippen MR) is 107 cm³/mol. The summed E-state index contributed by atoms with van der Waals surface area (Å²) in [5, 5.41) is 12.1. The lowest BCUT2D eigenvalue weighted by Crippen LogP contribution is -2.23. The van der Waals surface area contributed by atoms with Crippen LogP contribution in [0, 0.1) is 0 Å². The maximum Gasteiger partial charge on any atom is 0.336 e. The molecule has 0 bridgehead atoms. The van der Waals surface area contributed by atoms with Gasteiger partial charge in [-0.05, 0) is 12.0 Å². The van der Waals surface area contributed by atoms with Gasteiger partial charge in [-0.1, -0.05) is 95.0 Å². The highest BCUT2D eigenvalue weighted by Gasteiger charge is 2.11. The Bertz CT molecular complexity index is 552. The molecule has 26 heavy (non-hydrogen) atoms. The average molecular weight is 360 g/mol. The maximum absolute atomic E-state index is 11.9. The van der Waals surface area contributed by atoms with Gasteiger partial charge in [0.25, 0.3) is 0 Å². The van der Waals surface area contributed by atoms with Crippen LogP contribution in [-0.4, -0.2) is 23.5 Å². The summed E-state index contributed by atoms with van der Waals surface area (Å²) in [6, 6.07) is 8.71. The summed E-state index contributed by atoms with van der Waals surface area (Å²) in [5.41, 5.74) is 0.556. The van der Waals surface area contributed by atoms with E-state index in [1.165, 1.54) is 57.4 Å². The summed E-state index contributed by atoms with van der Waals surface area (Å²) < 4.78 is 0. The molecular weight excluding hydrogens is 326 g/mol. The average Bonchev–Trinajstić information content (AvgIpc) is 2.64. The Balaban J connectivity index is 2.17. The van der Waals surface area contributed by atoms with Crippen LogP contribution in [0.5, 0.6) is 0 Å². The number of carbonyl (C=O) groups is 2. The normalized spacial score (nSPS) is 11.3. The molecule has 0 saturated carbocycles. The van der Waals surface area contributed by atoms with Gasteiger partial charge in [-0.15, -0.1) is 0 Å². The summed E-state index contributed by atoms with van der Waals surface area (Å²) in [5.74, 6) is -1.44. The zero-order valence-electron chi connectivity index (χ0n) is 16.0. The summed E-state index contributed by atoms with van der Waals surface area (Å²) >= 11 is 0. The molecule has 0 spiro atoms. The van der Waals surface area contributed by atoms with Gasteiger partial charge in [0.05, 0.1) is 5.57 Å². The second-order valence-corrected chi connectivity index (χ2v) is 6.70. The summed E-state index contributed by atoms with van der Waals surface area (Å²) in [6.07, 6.45) is 13.7. The molecule has 0 heterocycles. The lowest BCUT2D eigenvalue weighted by molar-refractivity contribution is -0.130. The molecule has 1 amide bonds. The van der Waals surface area contributed by atoms with Gasteiger partial charge in [-0.25, -0.2) is 4.79 Å². The third kappa shape index (κ3) is 10.0. The lowest BCUT2D eigenvalue weighted by atomic mass is 10.1. The first-order valence-electron chi connectivity index (χ1n) is 9.93. The Kier molecular flexibility index (Phi) is 11.9. The van der Waals surface area contributed by atoms with Crippen LogP contribution >= 0.6 is 0 Å². The first kappa shape index (κ1) is 21.9. The van der Waals surface area contributed by atoms with Crippen molar-refractivity contribution in [1.82, 2.24) is 5.32 Å². The number of amides is 1. The van der Waals surface area contributed by atoms with E-state index in [-0.39, 0.29) is 11.5 Å². The number of hydrogen-bond donors (Lipinski definition) is 2. The molecule has 0 unspecified atom stereocenters. The highest BCUT2D eigenvalue weighted by atomic mass is 16.4. The molecule has 1 aromatic carbocycles. The summed E-state index contributed by atoms with van der Waals surface area (Å²) in [6.45, 7) is 2.83. The molecule has 0 aliphatic rings. The van der Waals surface area contributed by atoms with E-state index >= 15 is 0 Å². The van der Waals surface area contributed by atoms with E-state index in [2.05, 4.69) is 12.2 Å². The topological polar surface area (TPSA) is 66.4 Å². The highest BCUT2D eigenvalue weighted by Crippen LogP contribution is 2.14. The van der Waals surface area contributed by atoms with Crippen LogP contribution in [0.2, 0.25) is 0 Å². The van der Waals surface area contributed by atoms with Crippen molar-refractivity contribution in [3.05, 3.63) is 42.0 Å². The van der Waals surface area contributed by atoms with Crippen LogP contribution in [0.15, 0.2) is 36.4 Å². The van der Waals surface area contributed by atoms with E-state index in [0.29, 0.717) is 12.1 Å². The van der Waals surface area contributed by atoms with Crippen molar-refractivity contribution in [2.75, 3.05) is 6.54 Å². The van der Waals surface area contributed by atoms with Crippen molar-refractivity contribution in [3.63, 3.8) is 0 Å². The number of carbonyl (C=O) groups excluding carboxylic acids is 1. The van der Waals surface area contributed by atoms with Crippen LogP contribution in [0.1, 0.15) is 76.7 Å². The minimum Gasteiger partial charge on any atom is -0.478 e. The van der Waals surface area contributed by atoms with Crippen LogP contribution in [0.3, 0.4) is 0 Å². The second-order valence-electron chi connectivity index (χ2n) is 6.70. The largest absolute Gasteiger partial charge is 0.478 e. The molecule has 1 aromatic rings. The van der Waals surface area contributed by atoms with Gasteiger partial charge < -0.3 is 10.4 Å². The molecule has 4 nitrogen and oxygen atoms in total. The first-order valence-corrected chi connectivity index (χ1v) is 9.93. The fourth-order valence-electron chi connectivity index (χ4n) is 2.89. The third-order valence-electron chi connectivity index (χ3n) is 4.42. The number of benzene rings is 1. The molecule has 0 aromatic heterocycles. The van der Waals surface area contributed by atoms with E-state index in [1.807, 2.05) is 6.07 Å². The van der Waals surface area contributed by atoms with Crippen LogP contribution in [0.25, 0.3) is 5.57 Å². The van der Waals surface area contributed by atoms with E-state index < -0.39 is 5.97 Å². The number of carboxylic acids is 1. The SMILES string of the molecule is CCCCCCCCCCCCNC(=O)C=C(C(=O)O)c1ccccc1. The number of hydrogen-bond acceptors (Lipinski definition) is 2. The molecule has 0 fully saturated rings. The van der Waals surface area contributed by atoms with Crippen molar-refractivity contribution in [1.29, 1.82) is 0 Å². The fraction of sp³-hybridized carbons (Fsp3) is 0.545. The number of unbranched alkanes of at least 4 members (excludes halogenated alkanes) is 9. The molecule has 0 aliphatic heterocycles. The number of aliphatic carboxylic acids is 1. The number of nitrogens with one attached hydrogen (secondary N) is 1. The summed E-state index contributed by atoms with van der Waals surface area (Å²) in [7, 11) is 0. The minimum absolute atomic E-state index is 0.0196. The number of carboxylic acid groups (broad SMARTS) is 1. The zero-order chi connectivity index (χ0) is 19.0. The number of rotatable bonds is 14. The predicted octanol–water partition coefficient (Wildman–Crippen LogP) is 5.19. The molecule has 4 heteroatoms. The standard InChI is InChI=1S/C22H33NO3/c1-2-3-4-5-6-7-8-9-10-14-17-23-21(24)18-20(22(25)26)19-15-12-11-13-16-19/h11-13,15-16,18H,2-10,14,17H2,1H3,(H,23,24)(H,25,26). The molecule has 144 valence electrons. The van der Waals surface area contributed by atoms with Crippen molar-refractivity contribution >= 4 is 17.4 Å². The van der Waals surface area contributed by atoms with Crippen LogP contribution in [0.4, 0.5) is 0 Å². The van der Waals surface area contributed by atoms with Gasteiger partial charge in [0.1, 0.15) is 0 Å². The van der Waals surface area contributed by atoms with Crippen molar-refractivity contribution < 1.29 is 14.7 Å². The first-order chi connectivity index (χ1) is 12.6. The highest BCUT2D eigenvalue weighted by molar-refractivity contribution is 6.20. The van der Waals surface area contributed by atoms with Gasteiger partial charge in [0.15, 0.2) is 0 Å². The Labute approximate surface area is 157 Å². The molecule has 0 atom stereocenters. The molecule has 0 saturated heterocycles. The van der Waals surface area contributed by atoms with Gasteiger partial charge in [0, 0.05) is 12.6 Å². The van der Waals surface area contributed by atoms with E-state index in [9.17, 15) is 14.7 Å². The van der Waals surface area contributed by atoms with Crippen molar-refractivity contribution in [3.8, 4) is 0 Å². The zero-order valence-corrected chi connectivity index (χ0v) is 16.0. The monoisotopic (exact) mass is 359 g/mol. The Morgan fingerprint density at radius 3 is 1.96 bits per heavy atom. The third-order valence-corrected chi connectivity index (χ3v) is 4.42. The van der Waals surface area contributed by atoms with Crippen molar-refractivity contribution in [2.45, 2.75) is 71.1 Å². The molecule has 1 rings (SSSR count). The van der Waals surface area contributed by atoms with E-state index in [1.54, 1.807) is 24.3 Å². The maximum atomic E-state index is 11.9. The van der Waals surface area contributed by atoms with E-state index in [0.717, 1.165) is 12.8 Å². The fourth-order valence-corrected chi connectivity index (χ4v) is 2.89. The van der Waals surface area contributed by atoms with Crippen LogP contribution < -0.4 is 5.32 Å². The van der Waals surface area contributed by atoms with Gasteiger partial charge in [0.2, 0.25) is 5.91 Å². The smallest absolute Gasteiger partial charge is 0.336 e. The van der Waals surface area contributed by atoms with E-state index in [4.69, 9.17) is 0 Å². The Morgan fingerprint density at radius 1 is 0.885 bits per heavy atom. The van der Waals surface area contributed by atoms with Gasteiger partial charge >= 0.3 is 5.97 Å². The molecule has 0 radical (unpaired) electrons. The minimum atomic E-state index is -1.09. The molecule has 2 N–H and O–H groups in total. The van der Waals surface area contributed by atoms with Crippen LogP contribution in [-0.2, 0) is 9.59 Å². The summed E-state index contributed by atoms with van der Waals surface area (Å²) in [4.78, 5) is 23.3. The molecular formula is C22H33NO3. The second kappa shape index (κ2) is 14.1.